The van der Waals surface area contributed by atoms with Gasteiger partial charge in [-0.05, 0) is 33.8 Å². The zero-order chi connectivity index (χ0) is 16.2. The molecule has 2 bridgehead atoms. The van der Waals surface area contributed by atoms with Gasteiger partial charge in [0.25, 0.3) is 5.91 Å². The van der Waals surface area contributed by atoms with Crippen LogP contribution in [0.4, 0.5) is 4.79 Å². The first-order valence-electron chi connectivity index (χ1n) is 7.37. The first kappa shape index (κ1) is 15.5. The minimum atomic E-state index is -1.44. The lowest BCUT2D eigenvalue weighted by Crippen LogP contribution is -2.58. The highest BCUT2D eigenvalue weighted by molar-refractivity contribution is 6.01. The van der Waals surface area contributed by atoms with Crippen LogP contribution in [0, 0.1) is 0 Å². The van der Waals surface area contributed by atoms with Crippen LogP contribution in [0.25, 0.3) is 0 Å². The fourth-order valence-electron chi connectivity index (χ4n) is 2.76. The largest absolute Gasteiger partial charge is 0.443 e. The molecule has 2 fully saturated rings. The highest BCUT2D eigenvalue weighted by Crippen LogP contribution is 2.44. The monoisotopic (exact) mass is 311 g/mol. The lowest BCUT2D eigenvalue weighted by molar-refractivity contribution is -0.379. The van der Waals surface area contributed by atoms with Gasteiger partial charge in [0, 0.05) is 12.5 Å². The Labute approximate surface area is 129 Å². The molecule has 7 nitrogen and oxygen atoms in total. The van der Waals surface area contributed by atoms with Crippen LogP contribution in [-0.2, 0) is 23.7 Å². The molecule has 2 saturated heterocycles. The van der Waals surface area contributed by atoms with E-state index in [-0.39, 0.29) is 0 Å². The van der Waals surface area contributed by atoms with Gasteiger partial charge in [-0.2, -0.15) is 0 Å². The number of imide groups is 1. The minimum Gasteiger partial charge on any atom is -0.443 e. The molecular formula is C15H21NO6. The molecule has 0 radical (unpaired) electrons. The second-order valence-corrected chi connectivity index (χ2v) is 7.04. The molecular weight excluding hydrogens is 290 g/mol. The van der Waals surface area contributed by atoms with Crippen molar-refractivity contribution < 1.29 is 28.5 Å². The fourth-order valence-corrected chi connectivity index (χ4v) is 2.76. The Bertz CT molecular complexity index is 539. The van der Waals surface area contributed by atoms with E-state index in [1.165, 1.54) is 6.08 Å². The molecule has 3 rings (SSSR count). The number of amides is 2. The number of nitrogens with zero attached hydrogens (tertiary/aromatic N) is 1. The maximum absolute atomic E-state index is 12.4. The third-order valence-corrected chi connectivity index (χ3v) is 3.79. The van der Waals surface area contributed by atoms with Crippen LogP contribution < -0.4 is 0 Å². The number of hydrogen-bond donors (Lipinski definition) is 0. The quantitative estimate of drug-likeness (QED) is 0.732. The van der Waals surface area contributed by atoms with E-state index in [9.17, 15) is 9.59 Å². The summed E-state index contributed by atoms with van der Waals surface area (Å²) >= 11 is 0. The molecule has 3 heterocycles. The molecule has 0 spiro atoms. The van der Waals surface area contributed by atoms with Crippen molar-refractivity contribution in [2.75, 3.05) is 13.2 Å². The van der Waals surface area contributed by atoms with E-state index in [0.29, 0.717) is 19.6 Å². The Hall–Kier alpha value is -1.44. The molecule has 22 heavy (non-hydrogen) atoms. The molecule has 2 unspecified atom stereocenters. The van der Waals surface area contributed by atoms with Crippen LogP contribution in [-0.4, -0.2) is 53.3 Å². The van der Waals surface area contributed by atoms with Gasteiger partial charge >= 0.3 is 12.1 Å². The molecule has 2 amide bonds. The molecule has 3 aliphatic rings. The number of fused-ring (bicyclic) bond motifs is 2. The van der Waals surface area contributed by atoms with Crippen LogP contribution in [0.2, 0.25) is 0 Å². The third kappa shape index (κ3) is 2.53. The Kier molecular flexibility index (Phi) is 3.36. The summed E-state index contributed by atoms with van der Waals surface area (Å²) in [7, 11) is 0. The van der Waals surface area contributed by atoms with E-state index in [0.717, 1.165) is 4.90 Å². The average molecular weight is 311 g/mol. The number of rotatable bonds is 1. The molecule has 0 aromatic carbocycles. The molecule has 0 N–H and O–H groups in total. The van der Waals surface area contributed by atoms with Crippen molar-refractivity contribution in [2.45, 2.75) is 57.3 Å². The minimum absolute atomic E-state index is 0.355. The normalized spacial score (nSPS) is 37.7. The molecule has 122 valence electrons. The maximum atomic E-state index is 12.4. The summed E-state index contributed by atoms with van der Waals surface area (Å²) in [5.41, 5.74) is -1.17. The van der Waals surface area contributed by atoms with E-state index in [1.54, 1.807) is 26.8 Å². The zero-order valence-electron chi connectivity index (χ0n) is 13.3. The summed E-state index contributed by atoms with van der Waals surface area (Å²) in [4.78, 5) is 25.4. The molecule has 3 atom stereocenters. The Morgan fingerprint density at radius 1 is 1.41 bits per heavy atom. The van der Waals surface area contributed by atoms with E-state index in [2.05, 4.69) is 0 Å². The van der Waals surface area contributed by atoms with Crippen molar-refractivity contribution in [3.8, 4) is 0 Å². The van der Waals surface area contributed by atoms with Gasteiger partial charge in [0.2, 0.25) is 0 Å². The molecule has 3 aliphatic heterocycles. The van der Waals surface area contributed by atoms with Crippen molar-refractivity contribution >= 4 is 12.0 Å². The van der Waals surface area contributed by atoms with Crippen LogP contribution in [0.3, 0.4) is 0 Å². The topological polar surface area (TPSA) is 74.3 Å². The standard InChI is InChI=1S/C15H21NO6/c1-13(2,3)21-12(18)16-10(5-6-11(16)17)15-19-8-7-14(4,22-15)9-20-15/h5-6,10H,7-9H2,1-4H3/t10-,14?,15?/m0/s1. The van der Waals surface area contributed by atoms with Crippen LogP contribution >= 0.6 is 0 Å². The van der Waals surface area contributed by atoms with Crippen molar-refractivity contribution in [1.82, 2.24) is 4.90 Å². The number of ether oxygens (including phenoxy) is 4. The molecule has 0 aliphatic carbocycles. The van der Waals surface area contributed by atoms with E-state index >= 15 is 0 Å². The van der Waals surface area contributed by atoms with Gasteiger partial charge in [-0.15, -0.1) is 0 Å². The lowest BCUT2D eigenvalue weighted by Gasteiger charge is -2.40. The summed E-state index contributed by atoms with van der Waals surface area (Å²) in [5.74, 6) is -1.91. The van der Waals surface area contributed by atoms with Crippen molar-refractivity contribution in [3.05, 3.63) is 12.2 Å². The van der Waals surface area contributed by atoms with Gasteiger partial charge in [0.1, 0.15) is 11.6 Å². The van der Waals surface area contributed by atoms with E-state index in [4.69, 9.17) is 18.9 Å². The summed E-state index contributed by atoms with van der Waals surface area (Å²) in [5, 5.41) is 0. The number of carbonyl (C=O) groups is 2. The average Bonchev–Trinajstić information content (AvgIpc) is 2.87. The van der Waals surface area contributed by atoms with Crippen molar-refractivity contribution in [1.29, 1.82) is 0 Å². The van der Waals surface area contributed by atoms with Gasteiger partial charge in [0.15, 0.2) is 0 Å². The first-order valence-corrected chi connectivity index (χ1v) is 7.37. The molecule has 0 aromatic rings. The predicted octanol–water partition coefficient (Wildman–Crippen LogP) is 1.57. The third-order valence-electron chi connectivity index (χ3n) is 3.79. The molecule has 7 heteroatoms. The number of carbonyl (C=O) groups excluding carboxylic acids is 2. The summed E-state index contributed by atoms with van der Waals surface area (Å²) < 4.78 is 22.6. The van der Waals surface area contributed by atoms with E-state index in [1.807, 2.05) is 6.92 Å². The second-order valence-electron chi connectivity index (χ2n) is 7.04. The highest BCUT2D eigenvalue weighted by atomic mass is 16.9. The van der Waals surface area contributed by atoms with Gasteiger partial charge in [-0.1, -0.05) is 0 Å². The first-order chi connectivity index (χ1) is 10.1. The van der Waals surface area contributed by atoms with Gasteiger partial charge in [-0.3, -0.25) is 4.79 Å². The fraction of sp³-hybridized carbons (Fsp3) is 0.733. The van der Waals surface area contributed by atoms with Crippen molar-refractivity contribution in [2.24, 2.45) is 0 Å². The zero-order valence-corrected chi connectivity index (χ0v) is 13.3. The van der Waals surface area contributed by atoms with Crippen molar-refractivity contribution in [3.63, 3.8) is 0 Å². The SMILES string of the molecule is CC(C)(C)OC(=O)N1C(=O)C=C[C@H]1C12OCCC(C)(CO1)O2. The van der Waals surface area contributed by atoms with Gasteiger partial charge < -0.3 is 18.9 Å². The maximum Gasteiger partial charge on any atom is 0.418 e. The molecule has 0 saturated carbocycles. The summed E-state index contributed by atoms with van der Waals surface area (Å²) in [6, 6.07) is -0.794. The highest BCUT2D eigenvalue weighted by Gasteiger charge is 2.61. The van der Waals surface area contributed by atoms with E-state index < -0.39 is 35.2 Å². The predicted molar refractivity (Wildman–Crippen MR) is 74.8 cm³/mol. The number of hydrogen-bond acceptors (Lipinski definition) is 6. The summed E-state index contributed by atoms with van der Waals surface area (Å²) in [6.45, 7) is 7.94. The Morgan fingerprint density at radius 2 is 2.14 bits per heavy atom. The van der Waals surface area contributed by atoms with Crippen LogP contribution in [0.5, 0.6) is 0 Å². The second kappa shape index (κ2) is 4.78. The van der Waals surface area contributed by atoms with Crippen LogP contribution in [0.1, 0.15) is 34.1 Å². The Balaban J connectivity index is 1.85. The van der Waals surface area contributed by atoms with Gasteiger partial charge in [0.05, 0.1) is 18.8 Å². The Morgan fingerprint density at radius 3 is 2.82 bits per heavy atom. The lowest BCUT2D eigenvalue weighted by atomic mass is 10.0. The smallest absolute Gasteiger partial charge is 0.418 e. The summed E-state index contributed by atoms with van der Waals surface area (Å²) in [6.07, 6.45) is 2.83. The van der Waals surface area contributed by atoms with Crippen LogP contribution in [0.15, 0.2) is 12.2 Å². The molecule has 0 aromatic heterocycles. The van der Waals surface area contributed by atoms with Gasteiger partial charge in [-0.25, -0.2) is 9.69 Å².